The van der Waals surface area contributed by atoms with Crippen molar-refractivity contribution in [2.45, 2.75) is 6.54 Å². The van der Waals surface area contributed by atoms with Gasteiger partial charge in [0.05, 0.1) is 29.1 Å². The van der Waals surface area contributed by atoms with Crippen LogP contribution in [0.4, 0.5) is 11.4 Å². The summed E-state index contributed by atoms with van der Waals surface area (Å²) in [5.41, 5.74) is 5.55. The Morgan fingerprint density at radius 3 is 3.06 bits per heavy atom. The van der Waals surface area contributed by atoms with E-state index in [-0.39, 0.29) is 12.4 Å². The van der Waals surface area contributed by atoms with Crippen molar-refractivity contribution < 1.29 is 0 Å². The molecule has 0 fully saturated rings. The standard InChI is InChI=1S/C12H13N3S.ClH/c1-2-4-12-11(3-1)13-5-6-15(12)7-10-8-16-9-14-10;/h1-4,8-9,13H,5-7H2;1H. The number of fused-ring (bicyclic) bond motifs is 1. The molecular weight excluding hydrogens is 254 g/mol. The first kappa shape index (κ1) is 12.2. The van der Waals surface area contributed by atoms with E-state index in [1.807, 2.05) is 5.51 Å². The summed E-state index contributed by atoms with van der Waals surface area (Å²) in [6.45, 7) is 2.94. The Morgan fingerprint density at radius 1 is 1.35 bits per heavy atom. The Bertz CT molecular complexity index is 472. The van der Waals surface area contributed by atoms with Gasteiger partial charge in [0.15, 0.2) is 0 Å². The van der Waals surface area contributed by atoms with Gasteiger partial charge in [0.2, 0.25) is 0 Å². The first-order valence-electron chi connectivity index (χ1n) is 5.38. The molecule has 2 aromatic rings. The third-order valence-electron chi connectivity index (χ3n) is 2.78. The predicted octanol–water partition coefficient (Wildman–Crippen LogP) is 3.00. The van der Waals surface area contributed by atoms with Crippen LogP contribution >= 0.6 is 23.7 Å². The number of para-hydroxylation sites is 2. The van der Waals surface area contributed by atoms with Crippen molar-refractivity contribution in [3.63, 3.8) is 0 Å². The Hall–Kier alpha value is -1.26. The van der Waals surface area contributed by atoms with Gasteiger partial charge in [-0.3, -0.25) is 0 Å². The van der Waals surface area contributed by atoms with Gasteiger partial charge in [0.25, 0.3) is 0 Å². The quantitative estimate of drug-likeness (QED) is 0.907. The minimum absolute atomic E-state index is 0. The van der Waals surface area contributed by atoms with Crippen LogP contribution in [0.25, 0.3) is 0 Å². The van der Waals surface area contributed by atoms with E-state index in [2.05, 4.69) is 44.8 Å². The van der Waals surface area contributed by atoms with Crippen LogP contribution in [0.5, 0.6) is 0 Å². The molecule has 0 radical (unpaired) electrons. The molecule has 0 bridgehead atoms. The van der Waals surface area contributed by atoms with Gasteiger partial charge in [-0.1, -0.05) is 12.1 Å². The third-order valence-corrected chi connectivity index (χ3v) is 3.41. The molecule has 1 N–H and O–H groups in total. The number of hydrogen-bond donors (Lipinski definition) is 1. The Morgan fingerprint density at radius 2 is 2.24 bits per heavy atom. The third kappa shape index (κ3) is 2.53. The molecule has 0 atom stereocenters. The molecule has 0 saturated heterocycles. The molecule has 5 heteroatoms. The summed E-state index contributed by atoms with van der Waals surface area (Å²) in [6, 6.07) is 8.44. The second-order valence-corrected chi connectivity index (χ2v) is 4.56. The maximum absolute atomic E-state index is 4.34. The van der Waals surface area contributed by atoms with Crippen molar-refractivity contribution in [1.82, 2.24) is 4.98 Å². The number of aromatic nitrogens is 1. The molecule has 1 aliphatic heterocycles. The largest absolute Gasteiger partial charge is 0.382 e. The first-order valence-corrected chi connectivity index (χ1v) is 6.33. The van der Waals surface area contributed by atoms with Crippen LogP contribution in [-0.4, -0.2) is 18.1 Å². The fourth-order valence-electron chi connectivity index (χ4n) is 2.02. The molecule has 1 aromatic heterocycles. The fraction of sp³-hybridized carbons (Fsp3) is 0.250. The number of rotatable bonds is 2. The number of anilines is 2. The van der Waals surface area contributed by atoms with Crippen LogP contribution in [0.2, 0.25) is 0 Å². The lowest BCUT2D eigenvalue weighted by Crippen LogP contribution is -2.33. The highest BCUT2D eigenvalue weighted by Crippen LogP contribution is 2.29. The molecule has 3 nitrogen and oxygen atoms in total. The summed E-state index contributed by atoms with van der Waals surface area (Å²) < 4.78 is 0. The molecular formula is C12H14ClN3S. The molecule has 90 valence electrons. The van der Waals surface area contributed by atoms with Crippen LogP contribution in [0.3, 0.4) is 0 Å². The molecule has 2 heterocycles. The lowest BCUT2D eigenvalue weighted by atomic mass is 10.2. The van der Waals surface area contributed by atoms with Crippen molar-refractivity contribution in [2.75, 3.05) is 23.3 Å². The minimum Gasteiger partial charge on any atom is -0.382 e. The maximum Gasteiger partial charge on any atom is 0.0795 e. The van der Waals surface area contributed by atoms with E-state index in [1.165, 1.54) is 11.4 Å². The van der Waals surface area contributed by atoms with Gasteiger partial charge in [0, 0.05) is 18.5 Å². The Labute approximate surface area is 111 Å². The molecule has 0 unspecified atom stereocenters. The lowest BCUT2D eigenvalue weighted by Gasteiger charge is -2.31. The van der Waals surface area contributed by atoms with Gasteiger partial charge in [0.1, 0.15) is 0 Å². The topological polar surface area (TPSA) is 28.2 Å². The second kappa shape index (κ2) is 5.38. The van der Waals surface area contributed by atoms with Gasteiger partial charge >= 0.3 is 0 Å². The van der Waals surface area contributed by atoms with Crippen LogP contribution in [0, 0.1) is 0 Å². The number of nitrogens with one attached hydrogen (secondary N) is 1. The zero-order valence-corrected chi connectivity index (χ0v) is 10.9. The van der Waals surface area contributed by atoms with Gasteiger partial charge < -0.3 is 10.2 Å². The van der Waals surface area contributed by atoms with Gasteiger partial charge in [-0.15, -0.1) is 23.7 Å². The molecule has 0 saturated carbocycles. The smallest absolute Gasteiger partial charge is 0.0795 e. The van der Waals surface area contributed by atoms with Crippen LogP contribution < -0.4 is 10.2 Å². The molecule has 0 amide bonds. The molecule has 1 aliphatic rings. The van der Waals surface area contributed by atoms with Crippen molar-refractivity contribution in [3.05, 3.63) is 40.8 Å². The van der Waals surface area contributed by atoms with Crippen LogP contribution in [0.1, 0.15) is 5.69 Å². The lowest BCUT2D eigenvalue weighted by molar-refractivity contribution is 0.775. The van der Waals surface area contributed by atoms with Gasteiger partial charge in [-0.25, -0.2) is 4.98 Å². The summed E-state index contributed by atoms with van der Waals surface area (Å²) in [6.07, 6.45) is 0. The average Bonchev–Trinajstić information content (AvgIpc) is 2.82. The van der Waals surface area contributed by atoms with Gasteiger partial charge in [-0.2, -0.15) is 0 Å². The van der Waals surface area contributed by atoms with Crippen molar-refractivity contribution >= 4 is 35.1 Å². The van der Waals surface area contributed by atoms with Crippen molar-refractivity contribution in [1.29, 1.82) is 0 Å². The van der Waals surface area contributed by atoms with E-state index in [9.17, 15) is 0 Å². The number of halogens is 1. The summed E-state index contributed by atoms with van der Waals surface area (Å²) in [7, 11) is 0. The summed E-state index contributed by atoms with van der Waals surface area (Å²) >= 11 is 1.66. The summed E-state index contributed by atoms with van der Waals surface area (Å²) in [4.78, 5) is 6.72. The van der Waals surface area contributed by atoms with Crippen molar-refractivity contribution in [2.24, 2.45) is 0 Å². The normalized spacial score (nSPS) is 13.5. The minimum atomic E-state index is 0. The SMILES string of the molecule is Cl.c1ccc2c(c1)NCCN2Cc1cscn1. The monoisotopic (exact) mass is 267 g/mol. The van der Waals surface area contributed by atoms with E-state index >= 15 is 0 Å². The van der Waals surface area contributed by atoms with E-state index in [0.29, 0.717) is 0 Å². The number of benzene rings is 1. The fourth-order valence-corrected chi connectivity index (χ4v) is 2.57. The molecule has 0 aliphatic carbocycles. The maximum atomic E-state index is 4.34. The van der Waals surface area contributed by atoms with E-state index in [4.69, 9.17) is 0 Å². The molecule has 17 heavy (non-hydrogen) atoms. The zero-order valence-electron chi connectivity index (χ0n) is 9.30. The highest BCUT2D eigenvalue weighted by Gasteiger charge is 2.16. The van der Waals surface area contributed by atoms with E-state index < -0.39 is 0 Å². The van der Waals surface area contributed by atoms with Gasteiger partial charge in [-0.05, 0) is 12.1 Å². The van der Waals surface area contributed by atoms with Crippen molar-refractivity contribution in [3.8, 4) is 0 Å². The number of nitrogens with zero attached hydrogens (tertiary/aromatic N) is 2. The van der Waals surface area contributed by atoms with E-state index in [0.717, 1.165) is 25.3 Å². The van der Waals surface area contributed by atoms with Crippen LogP contribution in [-0.2, 0) is 6.54 Å². The highest BCUT2D eigenvalue weighted by molar-refractivity contribution is 7.07. The second-order valence-electron chi connectivity index (χ2n) is 3.85. The first-order chi connectivity index (χ1) is 7.93. The summed E-state index contributed by atoms with van der Waals surface area (Å²) in [5.74, 6) is 0. The summed E-state index contributed by atoms with van der Waals surface area (Å²) in [5, 5.41) is 5.53. The zero-order chi connectivity index (χ0) is 10.8. The number of hydrogen-bond acceptors (Lipinski definition) is 4. The average molecular weight is 268 g/mol. The molecule has 1 aromatic carbocycles. The van der Waals surface area contributed by atoms with E-state index in [1.54, 1.807) is 11.3 Å². The predicted molar refractivity (Wildman–Crippen MR) is 75.3 cm³/mol. The Kier molecular flexibility index (Phi) is 3.86. The van der Waals surface area contributed by atoms with Crippen LogP contribution in [0.15, 0.2) is 35.2 Å². The highest BCUT2D eigenvalue weighted by atomic mass is 35.5. The molecule has 3 rings (SSSR count). The molecule has 0 spiro atoms. The number of thiazole rings is 1. The Balaban J connectivity index is 0.00000108.